The Balaban J connectivity index is 1.34. The number of likely N-dealkylation sites (tertiary alicyclic amines) is 1. The number of carbonyl (C=O) groups is 1. The van der Waals surface area contributed by atoms with E-state index in [0.717, 1.165) is 23.4 Å². The molecule has 5 nitrogen and oxygen atoms in total. The van der Waals surface area contributed by atoms with Crippen molar-refractivity contribution in [3.8, 4) is 0 Å². The predicted molar refractivity (Wildman–Crippen MR) is 126 cm³/mol. The fourth-order valence-corrected chi connectivity index (χ4v) is 4.47. The third-order valence-electron chi connectivity index (χ3n) is 6.41. The molecule has 2 aliphatic heterocycles. The van der Waals surface area contributed by atoms with Gasteiger partial charge in [-0.2, -0.15) is 13.2 Å². The summed E-state index contributed by atoms with van der Waals surface area (Å²) >= 11 is 5.65. The molecule has 0 saturated carbocycles. The second-order valence-corrected chi connectivity index (χ2v) is 10.3. The Morgan fingerprint density at radius 1 is 1.09 bits per heavy atom. The first-order valence-corrected chi connectivity index (χ1v) is 11.5. The Morgan fingerprint density at radius 2 is 1.74 bits per heavy atom. The normalized spacial score (nSPS) is 18.0. The van der Waals surface area contributed by atoms with Crippen LogP contribution >= 0.6 is 11.6 Å². The zero-order chi connectivity index (χ0) is 24.7. The lowest BCUT2D eigenvalue weighted by molar-refractivity contribution is -0.137. The minimum Gasteiger partial charge on any atom is -0.388 e. The van der Waals surface area contributed by atoms with Gasteiger partial charge in [-0.1, -0.05) is 61.8 Å². The number of hydrogen-bond acceptors (Lipinski definition) is 3. The smallest absolute Gasteiger partial charge is 0.388 e. The number of halogens is 4. The van der Waals surface area contributed by atoms with E-state index in [0.29, 0.717) is 32.4 Å². The summed E-state index contributed by atoms with van der Waals surface area (Å²) in [4.78, 5) is 20.1. The molecule has 9 heteroatoms. The molecule has 2 heterocycles. The van der Waals surface area contributed by atoms with E-state index in [-0.39, 0.29) is 11.1 Å². The third-order valence-corrected chi connectivity index (χ3v) is 6.74. The Labute approximate surface area is 201 Å². The number of nitrogens with one attached hydrogen (secondary N) is 1. The Hall–Kier alpha value is -2.74. The van der Waals surface area contributed by atoms with E-state index >= 15 is 0 Å². The number of benzene rings is 2. The van der Waals surface area contributed by atoms with Crippen LogP contribution in [0.1, 0.15) is 56.7 Å². The second kappa shape index (κ2) is 8.80. The zero-order valence-electron chi connectivity index (χ0n) is 19.3. The number of nitrogens with zero attached hydrogens (tertiary/aromatic N) is 2. The number of rotatable bonds is 2. The van der Waals surface area contributed by atoms with Gasteiger partial charge in [0.15, 0.2) is 0 Å². The van der Waals surface area contributed by atoms with E-state index in [1.807, 2.05) is 0 Å². The minimum atomic E-state index is -4.60. The molecule has 182 valence electrons. The Morgan fingerprint density at radius 3 is 2.32 bits per heavy atom. The molecule has 0 bridgehead atoms. The van der Waals surface area contributed by atoms with Gasteiger partial charge in [-0.05, 0) is 34.7 Å². The molecular weight excluding hydrogens is 467 g/mol. The minimum absolute atomic E-state index is 0.0449. The number of urea groups is 1. The summed E-state index contributed by atoms with van der Waals surface area (Å²) in [5.74, 6) is 0. The summed E-state index contributed by atoms with van der Waals surface area (Å²) in [6.07, 6.45) is -2.77. The predicted octanol–water partition coefficient (Wildman–Crippen LogP) is 6.85. The van der Waals surface area contributed by atoms with Crippen LogP contribution in [0.4, 0.5) is 23.7 Å². The molecule has 0 radical (unpaired) electrons. The highest BCUT2D eigenvalue weighted by Gasteiger charge is 2.43. The average molecular weight is 494 g/mol. The molecule has 2 aromatic carbocycles. The van der Waals surface area contributed by atoms with Gasteiger partial charge in [0.1, 0.15) is 5.60 Å². The first-order valence-electron chi connectivity index (χ1n) is 11.2. The van der Waals surface area contributed by atoms with Crippen LogP contribution < -0.4 is 5.32 Å². The molecule has 2 aliphatic rings. The molecule has 2 amide bonds. The van der Waals surface area contributed by atoms with Crippen molar-refractivity contribution < 1.29 is 22.8 Å². The molecule has 0 atom stereocenters. The number of carbonyl (C=O) groups excluding carboxylic acids is 1. The Kier molecular flexibility index (Phi) is 6.31. The lowest BCUT2D eigenvalue weighted by atomic mass is 9.84. The van der Waals surface area contributed by atoms with Crippen molar-refractivity contribution in [2.75, 3.05) is 18.4 Å². The maximum atomic E-state index is 13.1. The van der Waals surface area contributed by atoms with E-state index in [1.165, 1.54) is 11.6 Å². The van der Waals surface area contributed by atoms with Gasteiger partial charge < -0.3 is 15.1 Å². The van der Waals surface area contributed by atoms with Crippen LogP contribution in [0.25, 0.3) is 0 Å². The summed E-state index contributed by atoms with van der Waals surface area (Å²) in [5, 5.41) is 6.46. The molecule has 4 rings (SSSR count). The van der Waals surface area contributed by atoms with Crippen LogP contribution in [0.2, 0.25) is 5.02 Å². The number of piperidine rings is 1. The zero-order valence-corrected chi connectivity index (χ0v) is 20.1. The van der Waals surface area contributed by atoms with E-state index in [1.54, 1.807) is 4.90 Å². The van der Waals surface area contributed by atoms with Crippen molar-refractivity contribution in [2.24, 2.45) is 5.16 Å². The maximum absolute atomic E-state index is 13.1. The van der Waals surface area contributed by atoms with Gasteiger partial charge in [0.2, 0.25) is 0 Å². The van der Waals surface area contributed by atoms with Crippen LogP contribution in [-0.2, 0) is 16.4 Å². The van der Waals surface area contributed by atoms with Crippen LogP contribution in [0.5, 0.6) is 0 Å². The number of amides is 2. The largest absolute Gasteiger partial charge is 0.417 e. The molecule has 1 saturated heterocycles. The van der Waals surface area contributed by atoms with Crippen LogP contribution in [-0.4, -0.2) is 35.3 Å². The SMILES string of the molecule is CC(C)(C)c1ccc(C2=NOC3(CCN(C(=O)Nc4ccc(Cl)c(C(F)(F)F)c4)CC3)C2)cc1. The Bertz CT molecular complexity index is 1100. The van der Waals surface area contributed by atoms with Gasteiger partial charge in [-0.3, -0.25) is 0 Å². The highest BCUT2D eigenvalue weighted by molar-refractivity contribution is 6.31. The van der Waals surface area contributed by atoms with Gasteiger partial charge >= 0.3 is 12.2 Å². The van der Waals surface area contributed by atoms with Crippen molar-refractivity contribution >= 4 is 29.0 Å². The highest BCUT2D eigenvalue weighted by Crippen LogP contribution is 2.38. The molecular formula is C25H27ClF3N3O2. The molecule has 1 N–H and O–H groups in total. The molecule has 34 heavy (non-hydrogen) atoms. The molecule has 0 unspecified atom stereocenters. The van der Waals surface area contributed by atoms with Crippen molar-refractivity contribution in [3.05, 3.63) is 64.2 Å². The molecule has 1 fully saturated rings. The van der Waals surface area contributed by atoms with Gasteiger partial charge in [0, 0.05) is 38.0 Å². The fraction of sp³-hybridized carbons (Fsp3) is 0.440. The first kappa shape index (κ1) is 24.4. The van der Waals surface area contributed by atoms with Crippen molar-refractivity contribution in [1.29, 1.82) is 0 Å². The van der Waals surface area contributed by atoms with Crippen LogP contribution in [0.3, 0.4) is 0 Å². The summed E-state index contributed by atoms with van der Waals surface area (Å²) in [6, 6.07) is 11.2. The standard InChI is InChI=1S/C25H27ClF3N3O2/c1-23(2,3)17-6-4-16(5-7-17)21-15-24(34-31-21)10-12-32(13-11-24)22(33)30-18-8-9-20(26)19(14-18)25(27,28)29/h4-9,14H,10-13,15H2,1-3H3,(H,30,33). The quantitative estimate of drug-likeness (QED) is 0.497. The van der Waals surface area contributed by atoms with E-state index in [9.17, 15) is 18.0 Å². The molecule has 0 aliphatic carbocycles. The lowest BCUT2D eigenvalue weighted by Crippen LogP contribution is -2.48. The summed E-state index contributed by atoms with van der Waals surface area (Å²) < 4.78 is 39.3. The molecule has 0 aromatic heterocycles. The van der Waals surface area contributed by atoms with Gasteiger partial charge in [-0.15, -0.1) is 0 Å². The number of hydrogen-bond donors (Lipinski definition) is 1. The fourth-order valence-electron chi connectivity index (χ4n) is 4.25. The van der Waals surface area contributed by atoms with Crippen molar-refractivity contribution in [3.63, 3.8) is 0 Å². The topological polar surface area (TPSA) is 53.9 Å². The number of anilines is 1. The van der Waals surface area contributed by atoms with E-state index in [2.05, 4.69) is 55.5 Å². The average Bonchev–Trinajstić information content (AvgIpc) is 3.17. The molecule has 1 spiro atoms. The van der Waals surface area contributed by atoms with E-state index < -0.39 is 28.4 Å². The summed E-state index contributed by atoms with van der Waals surface area (Å²) in [6.45, 7) is 7.33. The molecule has 2 aromatic rings. The monoisotopic (exact) mass is 493 g/mol. The van der Waals surface area contributed by atoms with Crippen LogP contribution in [0.15, 0.2) is 47.6 Å². The first-order chi connectivity index (χ1) is 15.9. The second-order valence-electron chi connectivity index (χ2n) is 9.93. The van der Waals surface area contributed by atoms with Crippen LogP contribution in [0, 0.1) is 0 Å². The lowest BCUT2D eigenvalue weighted by Gasteiger charge is -2.37. The van der Waals surface area contributed by atoms with Gasteiger partial charge in [0.25, 0.3) is 0 Å². The van der Waals surface area contributed by atoms with Gasteiger partial charge in [-0.25, -0.2) is 4.79 Å². The van der Waals surface area contributed by atoms with Crippen molar-refractivity contribution in [1.82, 2.24) is 4.90 Å². The third kappa shape index (κ3) is 5.17. The summed E-state index contributed by atoms with van der Waals surface area (Å²) in [7, 11) is 0. The van der Waals surface area contributed by atoms with Gasteiger partial charge in [0.05, 0.1) is 16.3 Å². The van der Waals surface area contributed by atoms with E-state index in [4.69, 9.17) is 16.4 Å². The highest BCUT2D eigenvalue weighted by atomic mass is 35.5. The summed E-state index contributed by atoms with van der Waals surface area (Å²) in [5.41, 5.74) is 1.83. The number of oxime groups is 1. The maximum Gasteiger partial charge on any atom is 0.417 e. The number of alkyl halides is 3. The van der Waals surface area contributed by atoms with Crippen molar-refractivity contribution in [2.45, 2.75) is 57.2 Å².